The average molecular weight is 375 g/mol. The molecule has 0 aliphatic rings. The number of amides is 2. The second-order valence-corrected chi connectivity index (χ2v) is 6.90. The zero-order valence-corrected chi connectivity index (χ0v) is 15.1. The van der Waals surface area contributed by atoms with E-state index >= 15 is 0 Å². The van der Waals surface area contributed by atoms with Gasteiger partial charge in [-0.2, -0.15) is 0 Å². The van der Waals surface area contributed by atoms with Crippen molar-refractivity contribution in [1.29, 1.82) is 0 Å². The third kappa shape index (κ3) is 4.59. The first-order valence-corrected chi connectivity index (χ1v) is 8.78. The summed E-state index contributed by atoms with van der Waals surface area (Å²) in [6, 6.07) is 5.88. The highest BCUT2D eigenvalue weighted by molar-refractivity contribution is 7.09. The molecule has 23 heavy (non-hydrogen) atoms. The Bertz CT molecular complexity index is 679. The van der Waals surface area contributed by atoms with Gasteiger partial charge in [-0.15, -0.1) is 11.3 Å². The van der Waals surface area contributed by atoms with Crippen LogP contribution in [0, 0.1) is 5.82 Å². The molecular weight excluding hydrogens is 358 g/mol. The van der Waals surface area contributed by atoms with Crippen LogP contribution in [0.2, 0.25) is 10.0 Å². The largest absolute Gasteiger partial charge is 0.331 e. The lowest BCUT2D eigenvalue weighted by atomic mass is 10.1. The van der Waals surface area contributed by atoms with Gasteiger partial charge in [0.05, 0.1) is 17.6 Å². The van der Waals surface area contributed by atoms with Gasteiger partial charge in [0.25, 0.3) is 0 Å². The first-order chi connectivity index (χ1) is 10.9. The van der Waals surface area contributed by atoms with Gasteiger partial charge in [0, 0.05) is 16.4 Å². The van der Waals surface area contributed by atoms with Crippen LogP contribution in [0.1, 0.15) is 30.3 Å². The summed E-state index contributed by atoms with van der Waals surface area (Å²) >= 11 is 13.4. The summed E-state index contributed by atoms with van der Waals surface area (Å²) in [6.07, 6.45) is 0. The Balaban J connectivity index is 2.07. The molecule has 0 saturated heterocycles. The molecule has 1 atom stereocenters. The summed E-state index contributed by atoms with van der Waals surface area (Å²) in [5.41, 5.74) is 0.495. The van der Waals surface area contributed by atoms with Crippen LogP contribution in [0.25, 0.3) is 0 Å². The van der Waals surface area contributed by atoms with Crippen LogP contribution in [0.15, 0.2) is 29.6 Å². The van der Waals surface area contributed by atoms with Gasteiger partial charge in [0.1, 0.15) is 5.82 Å². The number of benzene rings is 1. The predicted molar refractivity (Wildman–Crippen MR) is 93.8 cm³/mol. The van der Waals surface area contributed by atoms with Crippen molar-refractivity contribution in [3.63, 3.8) is 0 Å². The third-order valence-electron chi connectivity index (χ3n) is 3.44. The molecule has 2 aromatic rings. The Kier molecular flexibility index (Phi) is 6.27. The summed E-state index contributed by atoms with van der Waals surface area (Å²) in [4.78, 5) is 15.2. The van der Waals surface area contributed by atoms with Crippen molar-refractivity contribution in [3.8, 4) is 0 Å². The van der Waals surface area contributed by atoms with E-state index in [-0.39, 0.29) is 11.1 Å². The number of hydrogen-bond acceptors (Lipinski definition) is 2. The standard InChI is InChI=1S/C16H17Cl2FN2OS/c1-3-21(9-11-5-4-6-23-11)16(22)20-10(2)12-7-15(19)14(18)8-13(12)17/h4-8,10H,3,9H2,1-2H3,(H,20,22). The number of halogens is 3. The van der Waals surface area contributed by atoms with E-state index in [9.17, 15) is 9.18 Å². The van der Waals surface area contributed by atoms with E-state index in [4.69, 9.17) is 23.2 Å². The molecule has 1 aromatic heterocycles. The van der Waals surface area contributed by atoms with Crippen molar-refractivity contribution < 1.29 is 9.18 Å². The number of carbonyl (C=O) groups excluding carboxylic acids is 1. The lowest BCUT2D eigenvalue weighted by molar-refractivity contribution is 0.195. The maximum Gasteiger partial charge on any atom is 0.318 e. The molecule has 0 spiro atoms. The van der Waals surface area contributed by atoms with Crippen LogP contribution < -0.4 is 5.32 Å². The molecule has 0 radical (unpaired) electrons. The molecule has 1 aromatic carbocycles. The summed E-state index contributed by atoms with van der Waals surface area (Å²) < 4.78 is 13.6. The number of hydrogen-bond donors (Lipinski definition) is 1. The van der Waals surface area contributed by atoms with Gasteiger partial charge in [-0.3, -0.25) is 0 Å². The Morgan fingerprint density at radius 3 is 2.74 bits per heavy atom. The quantitative estimate of drug-likeness (QED) is 0.689. The van der Waals surface area contributed by atoms with Crippen molar-refractivity contribution in [3.05, 3.63) is 55.9 Å². The van der Waals surface area contributed by atoms with Crippen LogP contribution >= 0.6 is 34.5 Å². The highest BCUT2D eigenvalue weighted by atomic mass is 35.5. The molecule has 124 valence electrons. The minimum absolute atomic E-state index is 0.0369. The topological polar surface area (TPSA) is 32.3 Å². The van der Waals surface area contributed by atoms with Crippen LogP contribution in [0.3, 0.4) is 0 Å². The molecule has 2 amide bonds. The van der Waals surface area contributed by atoms with Gasteiger partial charge in [0.15, 0.2) is 0 Å². The van der Waals surface area contributed by atoms with E-state index in [1.807, 2.05) is 24.4 Å². The number of nitrogens with zero attached hydrogens (tertiary/aromatic N) is 1. The molecule has 0 aliphatic carbocycles. The van der Waals surface area contributed by atoms with Crippen LogP contribution in [0.5, 0.6) is 0 Å². The Labute approximate surface area is 149 Å². The first kappa shape index (κ1) is 18.0. The van der Waals surface area contributed by atoms with E-state index < -0.39 is 11.9 Å². The first-order valence-electron chi connectivity index (χ1n) is 7.14. The smallest absolute Gasteiger partial charge is 0.318 e. The van der Waals surface area contributed by atoms with E-state index in [0.29, 0.717) is 23.7 Å². The number of carbonyl (C=O) groups is 1. The van der Waals surface area contributed by atoms with Gasteiger partial charge in [0.2, 0.25) is 0 Å². The van der Waals surface area contributed by atoms with E-state index in [1.54, 1.807) is 23.2 Å². The molecule has 0 fully saturated rings. The third-order valence-corrected chi connectivity index (χ3v) is 4.92. The van der Waals surface area contributed by atoms with Crippen molar-refractivity contribution in [1.82, 2.24) is 10.2 Å². The van der Waals surface area contributed by atoms with Gasteiger partial charge in [-0.1, -0.05) is 29.3 Å². The van der Waals surface area contributed by atoms with Gasteiger partial charge in [-0.05, 0) is 43.0 Å². The molecule has 0 saturated carbocycles. The molecule has 2 rings (SSSR count). The fourth-order valence-corrected chi connectivity index (χ4v) is 3.41. The highest BCUT2D eigenvalue weighted by Crippen LogP contribution is 2.28. The Hall–Kier alpha value is -1.30. The van der Waals surface area contributed by atoms with E-state index in [2.05, 4.69) is 5.32 Å². The van der Waals surface area contributed by atoms with Crippen LogP contribution in [-0.2, 0) is 6.54 Å². The maximum atomic E-state index is 13.6. The van der Waals surface area contributed by atoms with Gasteiger partial charge >= 0.3 is 6.03 Å². The summed E-state index contributed by atoms with van der Waals surface area (Å²) in [6.45, 7) is 4.77. The lowest BCUT2D eigenvalue weighted by Crippen LogP contribution is -2.40. The Morgan fingerprint density at radius 1 is 1.39 bits per heavy atom. The summed E-state index contributed by atoms with van der Waals surface area (Å²) in [7, 11) is 0. The average Bonchev–Trinajstić information content (AvgIpc) is 3.01. The van der Waals surface area contributed by atoms with Crippen molar-refractivity contribution in [2.45, 2.75) is 26.4 Å². The fourth-order valence-electron chi connectivity index (χ4n) is 2.14. The zero-order chi connectivity index (χ0) is 17.0. The maximum absolute atomic E-state index is 13.6. The number of thiophene rings is 1. The molecule has 1 heterocycles. The molecule has 3 nitrogen and oxygen atoms in total. The zero-order valence-electron chi connectivity index (χ0n) is 12.8. The molecule has 7 heteroatoms. The van der Waals surface area contributed by atoms with Gasteiger partial charge < -0.3 is 10.2 Å². The minimum Gasteiger partial charge on any atom is -0.331 e. The molecule has 1 unspecified atom stereocenters. The van der Waals surface area contributed by atoms with Crippen molar-refractivity contribution in [2.75, 3.05) is 6.54 Å². The number of nitrogens with one attached hydrogen (secondary N) is 1. The lowest BCUT2D eigenvalue weighted by Gasteiger charge is -2.24. The molecular formula is C16H17Cl2FN2OS. The van der Waals surface area contributed by atoms with E-state index in [0.717, 1.165) is 4.88 Å². The van der Waals surface area contributed by atoms with Crippen LogP contribution in [-0.4, -0.2) is 17.5 Å². The van der Waals surface area contributed by atoms with Crippen molar-refractivity contribution in [2.24, 2.45) is 0 Å². The molecule has 1 N–H and O–H groups in total. The normalized spacial score (nSPS) is 12.0. The number of rotatable bonds is 5. The molecule has 0 aliphatic heterocycles. The number of urea groups is 1. The van der Waals surface area contributed by atoms with Gasteiger partial charge in [-0.25, -0.2) is 9.18 Å². The second-order valence-electron chi connectivity index (χ2n) is 5.05. The monoisotopic (exact) mass is 374 g/mol. The predicted octanol–water partition coefficient (Wildman–Crippen LogP) is 5.49. The second kappa shape index (κ2) is 7.99. The summed E-state index contributed by atoms with van der Waals surface area (Å²) in [5, 5.41) is 5.10. The van der Waals surface area contributed by atoms with E-state index in [1.165, 1.54) is 12.1 Å². The highest BCUT2D eigenvalue weighted by Gasteiger charge is 2.19. The fraction of sp³-hybridized carbons (Fsp3) is 0.312. The molecule has 0 bridgehead atoms. The SMILES string of the molecule is CCN(Cc1cccs1)C(=O)NC(C)c1cc(F)c(Cl)cc1Cl. The van der Waals surface area contributed by atoms with Crippen LogP contribution in [0.4, 0.5) is 9.18 Å². The van der Waals surface area contributed by atoms with Crippen molar-refractivity contribution >= 4 is 40.6 Å². The minimum atomic E-state index is -0.557. The Morgan fingerprint density at radius 2 is 2.13 bits per heavy atom. The summed E-state index contributed by atoms with van der Waals surface area (Å²) in [5.74, 6) is -0.557.